The molecule has 1 saturated heterocycles. The number of β-lactam (4-membered cyclic amide) rings is 1. The second-order valence-electron chi connectivity index (χ2n) is 2.87. The van der Waals surface area contributed by atoms with Gasteiger partial charge in [0.05, 0.1) is 5.92 Å². The topological polar surface area (TPSA) is 40.5 Å². The summed E-state index contributed by atoms with van der Waals surface area (Å²) in [4.78, 5) is 10.6. The van der Waals surface area contributed by atoms with Crippen LogP contribution in [0, 0.1) is 5.92 Å². The van der Waals surface area contributed by atoms with E-state index >= 15 is 0 Å². The third-order valence-electron chi connectivity index (χ3n) is 1.87. The number of hydroxylamine groups is 2. The van der Waals surface area contributed by atoms with E-state index < -0.39 is 23.8 Å². The van der Waals surface area contributed by atoms with Gasteiger partial charge in [0.1, 0.15) is 6.04 Å². The molecular weight excluding hydrogens is 156 g/mol. The van der Waals surface area contributed by atoms with Crippen molar-refractivity contribution in [3.63, 3.8) is 0 Å². The van der Waals surface area contributed by atoms with Gasteiger partial charge in [-0.3, -0.25) is 10.0 Å². The number of nitrogens with zero attached hydrogens (tertiary/aromatic N) is 1. The van der Waals surface area contributed by atoms with Gasteiger partial charge < -0.3 is 0 Å². The summed E-state index contributed by atoms with van der Waals surface area (Å²) in [7, 11) is 0. The van der Waals surface area contributed by atoms with E-state index in [0.717, 1.165) is 0 Å². The fourth-order valence-corrected chi connectivity index (χ4v) is 1.26. The molecule has 11 heavy (non-hydrogen) atoms. The van der Waals surface area contributed by atoms with E-state index in [4.69, 9.17) is 5.21 Å². The normalized spacial score (nSPS) is 32.1. The summed E-state index contributed by atoms with van der Waals surface area (Å²) in [5, 5.41) is 8.79. The summed E-state index contributed by atoms with van der Waals surface area (Å²) in [6, 6.07) is -1.35. The molecule has 5 heteroatoms. The van der Waals surface area contributed by atoms with Crippen molar-refractivity contribution in [1.82, 2.24) is 5.06 Å². The van der Waals surface area contributed by atoms with Crippen LogP contribution in [0.1, 0.15) is 13.8 Å². The molecule has 0 aromatic carbocycles. The van der Waals surface area contributed by atoms with Crippen LogP contribution in [-0.2, 0) is 4.79 Å². The van der Waals surface area contributed by atoms with Gasteiger partial charge in [-0.1, -0.05) is 6.92 Å². The first-order valence-corrected chi connectivity index (χ1v) is 3.25. The highest BCUT2D eigenvalue weighted by Crippen LogP contribution is 2.35. The van der Waals surface area contributed by atoms with Crippen molar-refractivity contribution in [3.05, 3.63) is 0 Å². The number of alkyl halides is 2. The Morgan fingerprint density at radius 2 is 2.09 bits per heavy atom. The van der Waals surface area contributed by atoms with E-state index in [-0.39, 0.29) is 5.06 Å². The number of halogens is 2. The van der Waals surface area contributed by atoms with Gasteiger partial charge in [0.2, 0.25) is 0 Å². The van der Waals surface area contributed by atoms with E-state index in [1.165, 1.54) is 6.92 Å². The van der Waals surface area contributed by atoms with E-state index in [1.54, 1.807) is 0 Å². The Balaban J connectivity index is 2.70. The van der Waals surface area contributed by atoms with Gasteiger partial charge in [0, 0.05) is 6.92 Å². The smallest absolute Gasteiger partial charge is 0.268 e. The minimum absolute atomic E-state index is 0.102. The van der Waals surface area contributed by atoms with Crippen molar-refractivity contribution in [2.75, 3.05) is 0 Å². The molecule has 1 aliphatic heterocycles. The second-order valence-corrected chi connectivity index (χ2v) is 2.87. The van der Waals surface area contributed by atoms with Crippen LogP contribution in [0.3, 0.4) is 0 Å². The first-order valence-electron chi connectivity index (χ1n) is 3.25. The van der Waals surface area contributed by atoms with Gasteiger partial charge >= 0.3 is 0 Å². The molecule has 0 spiro atoms. The van der Waals surface area contributed by atoms with Gasteiger partial charge in [0.25, 0.3) is 11.8 Å². The predicted molar refractivity (Wildman–Crippen MR) is 32.2 cm³/mol. The maximum absolute atomic E-state index is 12.5. The molecule has 0 unspecified atom stereocenters. The van der Waals surface area contributed by atoms with Crippen LogP contribution in [0.2, 0.25) is 0 Å². The molecule has 0 radical (unpaired) electrons. The molecule has 3 nitrogen and oxygen atoms in total. The van der Waals surface area contributed by atoms with Crippen LogP contribution in [0.4, 0.5) is 8.78 Å². The van der Waals surface area contributed by atoms with Gasteiger partial charge in [0.15, 0.2) is 0 Å². The van der Waals surface area contributed by atoms with Crippen molar-refractivity contribution >= 4 is 5.91 Å². The number of carbonyl (C=O) groups is 1. The van der Waals surface area contributed by atoms with E-state index in [2.05, 4.69) is 0 Å². The Labute approximate surface area is 62.6 Å². The van der Waals surface area contributed by atoms with Crippen molar-refractivity contribution in [2.45, 2.75) is 25.8 Å². The van der Waals surface area contributed by atoms with Crippen LogP contribution >= 0.6 is 0 Å². The van der Waals surface area contributed by atoms with Crippen molar-refractivity contribution in [2.24, 2.45) is 5.92 Å². The Hall–Kier alpha value is -0.710. The summed E-state index contributed by atoms with van der Waals surface area (Å²) in [6.07, 6.45) is 0. The third-order valence-corrected chi connectivity index (χ3v) is 1.87. The minimum Gasteiger partial charge on any atom is -0.285 e. The zero-order valence-electron chi connectivity index (χ0n) is 6.21. The van der Waals surface area contributed by atoms with Crippen molar-refractivity contribution < 1.29 is 18.8 Å². The SMILES string of the molecule is C[C@@H]1C(=O)N(O)[C@H]1C(C)(F)F. The maximum Gasteiger partial charge on any atom is 0.268 e. The average Bonchev–Trinajstić information content (AvgIpc) is 1.85. The molecule has 1 fully saturated rings. The first-order chi connectivity index (χ1) is 4.85. The molecule has 1 N–H and O–H groups in total. The molecule has 0 aromatic heterocycles. The number of amides is 1. The van der Waals surface area contributed by atoms with Gasteiger partial charge in [-0.2, -0.15) is 0 Å². The molecule has 0 saturated carbocycles. The molecule has 1 aliphatic rings. The first kappa shape index (κ1) is 8.39. The van der Waals surface area contributed by atoms with E-state index in [0.29, 0.717) is 6.92 Å². The van der Waals surface area contributed by atoms with Crippen molar-refractivity contribution in [3.8, 4) is 0 Å². The second kappa shape index (κ2) is 2.14. The average molecular weight is 165 g/mol. The van der Waals surface area contributed by atoms with E-state index in [1.807, 2.05) is 0 Å². The zero-order chi connectivity index (χ0) is 8.81. The highest BCUT2D eigenvalue weighted by Gasteiger charge is 2.55. The molecule has 64 valence electrons. The van der Waals surface area contributed by atoms with Crippen molar-refractivity contribution in [1.29, 1.82) is 0 Å². The lowest BCUT2D eigenvalue weighted by Gasteiger charge is -2.43. The largest absolute Gasteiger partial charge is 0.285 e. The minimum atomic E-state index is -3.03. The van der Waals surface area contributed by atoms with Crippen LogP contribution in [-0.4, -0.2) is 28.1 Å². The van der Waals surface area contributed by atoms with Crippen LogP contribution < -0.4 is 0 Å². The molecule has 1 amide bonds. The summed E-state index contributed by atoms with van der Waals surface area (Å²) in [6.45, 7) is 2.06. The quantitative estimate of drug-likeness (QED) is 0.462. The fraction of sp³-hybridized carbons (Fsp3) is 0.833. The van der Waals surface area contributed by atoms with Gasteiger partial charge in [-0.25, -0.2) is 13.8 Å². The van der Waals surface area contributed by atoms with Crippen LogP contribution in [0.15, 0.2) is 0 Å². The fourth-order valence-electron chi connectivity index (χ4n) is 1.26. The maximum atomic E-state index is 12.5. The molecule has 0 bridgehead atoms. The third kappa shape index (κ3) is 1.09. The Kier molecular flexibility index (Phi) is 1.63. The molecule has 0 aliphatic carbocycles. The van der Waals surface area contributed by atoms with Crippen LogP contribution in [0.5, 0.6) is 0 Å². The van der Waals surface area contributed by atoms with Gasteiger partial charge in [-0.05, 0) is 0 Å². The Bertz CT molecular complexity index is 178. The summed E-state index contributed by atoms with van der Waals surface area (Å²) >= 11 is 0. The lowest BCUT2D eigenvalue weighted by molar-refractivity contribution is -0.253. The molecular formula is C6H9F2NO2. The zero-order valence-corrected chi connectivity index (χ0v) is 6.21. The predicted octanol–water partition coefficient (Wildman–Crippen LogP) is 0.878. The van der Waals surface area contributed by atoms with Crippen LogP contribution in [0.25, 0.3) is 0 Å². The number of hydrogen-bond donors (Lipinski definition) is 1. The Morgan fingerprint density at radius 3 is 2.27 bits per heavy atom. The number of hydrogen-bond acceptors (Lipinski definition) is 2. The van der Waals surface area contributed by atoms with Gasteiger partial charge in [-0.15, -0.1) is 0 Å². The summed E-state index contributed by atoms with van der Waals surface area (Å²) in [5.41, 5.74) is 0. The summed E-state index contributed by atoms with van der Waals surface area (Å²) < 4.78 is 25.0. The molecule has 1 heterocycles. The monoisotopic (exact) mass is 165 g/mol. The number of carbonyl (C=O) groups excluding carboxylic acids is 1. The summed E-state index contributed by atoms with van der Waals surface area (Å²) in [5.74, 6) is -4.45. The molecule has 1 rings (SSSR count). The Morgan fingerprint density at radius 1 is 1.64 bits per heavy atom. The molecule has 0 aromatic rings. The lowest BCUT2D eigenvalue weighted by Crippen LogP contribution is -2.64. The van der Waals surface area contributed by atoms with E-state index in [9.17, 15) is 13.6 Å². The lowest BCUT2D eigenvalue weighted by atomic mass is 9.87. The highest BCUT2D eigenvalue weighted by atomic mass is 19.3. The standard InChI is InChI=1S/C6H9F2NO2/c1-3-4(6(2,7)8)9(11)5(3)10/h3-4,11H,1-2H3/t3-,4+/m0/s1. The number of rotatable bonds is 1. The molecule has 2 atom stereocenters. The highest BCUT2D eigenvalue weighted by molar-refractivity contribution is 5.84.